The molecule has 1 saturated carbocycles. The summed E-state index contributed by atoms with van der Waals surface area (Å²) in [7, 11) is 0. The van der Waals surface area contributed by atoms with E-state index in [1.54, 1.807) is 12.3 Å². The van der Waals surface area contributed by atoms with E-state index in [9.17, 15) is 18.0 Å². The van der Waals surface area contributed by atoms with Crippen LogP contribution in [-0.4, -0.2) is 79.4 Å². The van der Waals surface area contributed by atoms with Crippen molar-refractivity contribution in [1.29, 1.82) is 0 Å². The number of nitrogens with one attached hydrogen (secondary N) is 1. The van der Waals surface area contributed by atoms with Crippen LogP contribution in [0.25, 0.3) is 0 Å². The molecule has 232 valence electrons. The number of rotatable bonds is 9. The van der Waals surface area contributed by atoms with E-state index in [0.717, 1.165) is 25.9 Å². The van der Waals surface area contributed by atoms with Crippen molar-refractivity contribution in [1.82, 2.24) is 14.8 Å². The minimum absolute atomic E-state index is 0.0511. The van der Waals surface area contributed by atoms with Gasteiger partial charge in [-0.1, -0.05) is 18.5 Å². The Hall–Kier alpha value is -2.61. The first kappa shape index (κ1) is 30.8. The monoisotopic (exact) mass is 615 g/mol. The molecule has 1 aliphatic carbocycles. The molecule has 4 heterocycles. The summed E-state index contributed by atoms with van der Waals surface area (Å²) in [6, 6.07) is 2.71. The Kier molecular flexibility index (Phi) is 10.1. The maximum atomic E-state index is 13.2. The van der Waals surface area contributed by atoms with Crippen LogP contribution in [0.2, 0.25) is 5.02 Å². The van der Waals surface area contributed by atoms with Crippen LogP contribution in [0.1, 0.15) is 45.1 Å². The topological polar surface area (TPSA) is 100.0 Å². The molecule has 2 aliphatic heterocycles. The Labute approximate surface area is 247 Å². The lowest BCUT2D eigenvalue weighted by Gasteiger charge is -2.40. The van der Waals surface area contributed by atoms with E-state index < -0.39 is 12.2 Å². The second kappa shape index (κ2) is 13.8. The van der Waals surface area contributed by atoms with Crippen molar-refractivity contribution in [3.8, 4) is 5.88 Å². The molecule has 3 atom stereocenters. The number of nitrogens with zero attached hydrogens (tertiary/aromatic N) is 4. The van der Waals surface area contributed by atoms with Gasteiger partial charge in [0.15, 0.2) is 0 Å². The molecule has 3 fully saturated rings. The van der Waals surface area contributed by atoms with Crippen LogP contribution in [0.15, 0.2) is 29.3 Å². The number of halogens is 4. The summed E-state index contributed by atoms with van der Waals surface area (Å²) in [5.41, 5.74) is 0.859. The third-order valence-electron chi connectivity index (χ3n) is 8.03. The lowest BCUT2D eigenvalue weighted by atomic mass is 9.89. The van der Waals surface area contributed by atoms with Crippen molar-refractivity contribution >= 4 is 23.0 Å². The number of hydrogen-bond acceptors (Lipinski definition) is 9. The molecule has 0 unspecified atom stereocenters. The SMILES string of the molecule is C[C@H]1COC[C@@H](CNc2cnn(C3CCC(N(C[C@@H]4COCCO4)c4ccc(OC(F)(F)F)nc4)CC3)c(=O)c2Cl)C1. The third-order valence-corrected chi connectivity index (χ3v) is 8.39. The molecule has 0 amide bonds. The van der Waals surface area contributed by atoms with Crippen LogP contribution in [-0.2, 0) is 14.2 Å². The lowest BCUT2D eigenvalue weighted by molar-refractivity contribution is -0.276. The Bertz CT molecular complexity index is 1220. The zero-order valence-corrected chi connectivity index (χ0v) is 24.3. The first-order valence-electron chi connectivity index (χ1n) is 14.4. The summed E-state index contributed by atoms with van der Waals surface area (Å²) in [5.74, 6) is 0.328. The smallest absolute Gasteiger partial charge is 0.388 e. The fraction of sp³-hybridized carbons (Fsp3) is 0.679. The molecule has 1 N–H and O–H groups in total. The molecule has 5 rings (SSSR count). The van der Waals surface area contributed by atoms with Crippen LogP contribution in [0.3, 0.4) is 0 Å². The molecule has 10 nitrogen and oxygen atoms in total. The number of hydrogen-bond donors (Lipinski definition) is 1. The molecule has 14 heteroatoms. The molecule has 0 aromatic carbocycles. The maximum Gasteiger partial charge on any atom is 0.574 e. The number of alkyl halides is 3. The van der Waals surface area contributed by atoms with Gasteiger partial charge in [-0.15, -0.1) is 13.2 Å². The highest BCUT2D eigenvalue weighted by atomic mass is 35.5. The second-order valence-corrected chi connectivity index (χ2v) is 11.7. The molecule has 0 radical (unpaired) electrons. The first-order chi connectivity index (χ1) is 20.2. The number of anilines is 2. The average molecular weight is 616 g/mol. The Morgan fingerprint density at radius 1 is 1.12 bits per heavy atom. The molecule has 3 aliphatic rings. The van der Waals surface area contributed by atoms with Gasteiger partial charge in [0, 0.05) is 31.8 Å². The Balaban J connectivity index is 1.24. The molecule has 2 aromatic rings. The van der Waals surface area contributed by atoms with Gasteiger partial charge in [-0.3, -0.25) is 4.79 Å². The summed E-state index contributed by atoms with van der Waals surface area (Å²) >= 11 is 6.50. The van der Waals surface area contributed by atoms with Gasteiger partial charge < -0.3 is 29.2 Å². The van der Waals surface area contributed by atoms with E-state index in [2.05, 4.69) is 32.0 Å². The van der Waals surface area contributed by atoms with E-state index >= 15 is 0 Å². The van der Waals surface area contributed by atoms with Gasteiger partial charge in [-0.25, -0.2) is 9.67 Å². The third kappa shape index (κ3) is 8.06. The fourth-order valence-electron chi connectivity index (χ4n) is 6.03. The van der Waals surface area contributed by atoms with Crippen molar-refractivity contribution in [2.45, 2.75) is 63.6 Å². The highest BCUT2D eigenvalue weighted by Gasteiger charge is 2.33. The molecule has 2 aromatic heterocycles. The summed E-state index contributed by atoms with van der Waals surface area (Å²) < 4.78 is 60.4. The van der Waals surface area contributed by atoms with Crippen molar-refractivity contribution in [3.05, 3.63) is 39.9 Å². The molecule has 0 spiro atoms. The summed E-state index contributed by atoms with van der Waals surface area (Å²) in [6.45, 7) is 6.21. The predicted octanol–water partition coefficient (Wildman–Crippen LogP) is 4.68. The first-order valence-corrected chi connectivity index (χ1v) is 14.8. The van der Waals surface area contributed by atoms with Gasteiger partial charge in [-0.05, 0) is 50.0 Å². The van der Waals surface area contributed by atoms with E-state index in [0.29, 0.717) is 75.6 Å². The van der Waals surface area contributed by atoms with Crippen molar-refractivity contribution in [2.24, 2.45) is 11.8 Å². The molecule has 2 saturated heterocycles. The largest absolute Gasteiger partial charge is 0.574 e. The minimum atomic E-state index is -4.81. The van der Waals surface area contributed by atoms with Gasteiger partial charge in [0.2, 0.25) is 5.88 Å². The zero-order valence-electron chi connectivity index (χ0n) is 23.5. The van der Waals surface area contributed by atoms with Gasteiger partial charge in [0.1, 0.15) is 5.02 Å². The average Bonchev–Trinajstić information content (AvgIpc) is 2.97. The molecular weight excluding hydrogens is 579 g/mol. The van der Waals surface area contributed by atoms with Crippen LogP contribution < -0.4 is 20.5 Å². The fourth-order valence-corrected chi connectivity index (χ4v) is 6.23. The van der Waals surface area contributed by atoms with Crippen molar-refractivity contribution in [2.75, 3.05) is 56.3 Å². The van der Waals surface area contributed by atoms with E-state index in [1.807, 2.05) is 0 Å². The molecule has 42 heavy (non-hydrogen) atoms. The minimum Gasteiger partial charge on any atom is -0.388 e. The van der Waals surface area contributed by atoms with Gasteiger partial charge in [0.05, 0.1) is 62.3 Å². The van der Waals surface area contributed by atoms with Crippen molar-refractivity contribution in [3.63, 3.8) is 0 Å². The van der Waals surface area contributed by atoms with Gasteiger partial charge >= 0.3 is 6.36 Å². The standard InChI is InChI=1S/C28H37ClF3N5O5/c1-18-10-19(16-40-15-18)11-33-24-13-35-37(27(38)26(24)29)21-4-2-20(3-5-21)36(14-23-17-39-8-9-41-23)22-6-7-25(34-12-22)42-28(30,31)32/h6-7,12-13,18-21,23,33H,2-5,8-11,14-17H2,1H3/t18-,19-,20?,21?,23-/m1/s1. The predicted molar refractivity (Wildman–Crippen MR) is 150 cm³/mol. The number of pyridine rings is 1. The van der Waals surface area contributed by atoms with Crippen LogP contribution in [0.4, 0.5) is 24.5 Å². The second-order valence-electron chi connectivity index (χ2n) is 11.3. The quantitative estimate of drug-likeness (QED) is 0.431. The summed E-state index contributed by atoms with van der Waals surface area (Å²) in [4.78, 5) is 19.2. The van der Waals surface area contributed by atoms with Crippen LogP contribution in [0.5, 0.6) is 5.88 Å². The lowest BCUT2D eigenvalue weighted by Crippen LogP contribution is -2.46. The highest BCUT2D eigenvalue weighted by molar-refractivity contribution is 6.32. The van der Waals surface area contributed by atoms with E-state index in [1.165, 1.54) is 16.9 Å². The van der Waals surface area contributed by atoms with Crippen LogP contribution >= 0.6 is 11.6 Å². The molecule has 0 bridgehead atoms. The van der Waals surface area contributed by atoms with E-state index in [4.69, 9.17) is 25.8 Å². The zero-order chi connectivity index (χ0) is 29.7. The van der Waals surface area contributed by atoms with Crippen molar-refractivity contribution < 1.29 is 32.1 Å². The number of aromatic nitrogens is 3. The van der Waals surface area contributed by atoms with Gasteiger partial charge in [0.25, 0.3) is 5.56 Å². The Morgan fingerprint density at radius 3 is 2.60 bits per heavy atom. The van der Waals surface area contributed by atoms with Gasteiger partial charge in [-0.2, -0.15) is 5.10 Å². The maximum absolute atomic E-state index is 13.2. The number of ether oxygens (including phenoxy) is 4. The van der Waals surface area contributed by atoms with Crippen LogP contribution in [0, 0.1) is 11.8 Å². The van der Waals surface area contributed by atoms with E-state index in [-0.39, 0.29) is 28.8 Å². The highest BCUT2D eigenvalue weighted by Crippen LogP contribution is 2.34. The summed E-state index contributed by atoms with van der Waals surface area (Å²) in [5, 5.41) is 7.86. The molecular formula is C28H37ClF3N5O5. The normalized spacial score (nSPS) is 26.9. The Morgan fingerprint density at radius 2 is 1.93 bits per heavy atom. The summed E-state index contributed by atoms with van der Waals surface area (Å²) in [6.07, 6.45) is 1.87.